The van der Waals surface area contributed by atoms with E-state index in [4.69, 9.17) is 5.11 Å². The molecule has 1 fully saturated rings. The highest BCUT2D eigenvalue weighted by atomic mass is 16.3. The molecule has 0 heterocycles. The van der Waals surface area contributed by atoms with Gasteiger partial charge in [0.2, 0.25) is 0 Å². The molecule has 2 nitrogen and oxygen atoms in total. The van der Waals surface area contributed by atoms with Crippen LogP contribution in [0, 0.1) is 5.92 Å². The van der Waals surface area contributed by atoms with Crippen molar-refractivity contribution in [1.82, 2.24) is 0 Å². The second-order valence-electron chi connectivity index (χ2n) is 2.91. The van der Waals surface area contributed by atoms with E-state index in [1.54, 1.807) is 0 Å². The van der Waals surface area contributed by atoms with E-state index in [1.807, 2.05) is 0 Å². The summed E-state index contributed by atoms with van der Waals surface area (Å²) >= 11 is 0. The predicted molar refractivity (Wildman–Crippen MR) is 37.3 cm³/mol. The van der Waals surface area contributed by atoms with Gasteiger partial charge in [0.1, 0.15) is 0 Å². The zero-order chi connectivity index (χ0) is 5.98. The molecule has 1 aliphatic carbocycles. The van der Waals surface area contributed by atoms with E-state index in [1.165, 1.54) is 12.8 Å². The van der Waals surface area contributed by atoms with Crippen molar-refractivity contribution in [3.63, 3.8) is 0 Å². The van der Waals surface area contributed by atoms with Crippen LogP contribution in [0.25, 0.3) is 0 Å². The van der Waals surface area contributed by atoms with Crippen LogP contribution in [0.3, 0.4) is 0 Å². The summed E-state index contributed by atoms with van der Waals surface area (Å²) in [6, 6.07) is 0. The Labute approximate surface area is 56.2 Å². The summed E-state index contributed by atoms with van der Waals surface area (Å²) in [5.41, 5.74) is 0. The van der Waals surface area contributed by atoms with Gasteiger partial charge in [0.25, 0.3) is 0 Å². The van der Waals surface area contributed by atoms with Gasteiger partial charge in [0, 0.05) is 0 Å². The fourth-order valence-electron chi connectivity index (χ4n) is 1.24. The summed E-state index contributed by atoms with van der Waals surface area (Å²) in [5.74, 6) is 0.860. The molecule has 3 N–H and O–H groups in total. The molecule has 1 saturated carbocycles. The Balaban J connectivity index is 0.000000640. The van der Waals surface area contributed by atoms with Gasteiger partial charge in [-0.3, -0.25) is 0 Å². The molecule has 2 heteroatoms. The molecule has 0 unspecified atom stereocenters. The van der Waals surface area contributed by atoms with Crippen molar-refractivity contribution in [2.75, 3.05) is 0 Å². The van der Waals surface area contributed by atoms with Gasteiger partial charge in [0.15, 0.2) is 0 Å². The van der Waals surface area contributed by atoms with Gasteiger partial charge in [-0.2, -0.15) is 0 Å². The molecule has 1 aliphatic rings. The molecule has 0 aromatic carbocycles. The van der Waals surface area contributed by atoms with Crippen LogP contribution < -0.4 is 0 Å². The zero-order valence-corrected chi connectivity index (χ0v) is 5.93. The van der Waals surface area contributed by atoms with Crippen LogP contribution >= 0.6 is 0 Å². The average molecular weight is 132 g/mol. The second-order valence-corrected chi connectivity index (χ2v) is 2.91. The maximum Gasteiger partial charge on any atom is 0.0540 e. The van der Waals surface area contributed by atoms with Crippen molar-refractivity contribution >= 4 is 0 Å². The topological polar surface area (TPSA) is 51.7 Å². The van der Waals surface area contributed by atoms with Crippen molar-refractivity contribution in [2.24, 2.45) is 5.92 Å². The molecule has 1 rings (SSSR count). The number of hydrogen-bond acceptors (Lipinski definition) is 1. The van der Waals surface area contributed by atoms with Gasteiger partial charge in [0.05, 0.1) is 6.10 Å². The van der Waals surface area contributed by atoms with E-state index in [0.717, 1.165) is 18.8 Å². The summed E-state index contributed by atoms with van der Waals surface area (Å²) in [6.07, 6.45) is 4.52. The average Bonchev–Trinajstić information content (AvgIpc) is 1.77. The van der Waals surface area contributed by atoms with E-state index in [0.29, 0.717) is 0 Å². The highest BCUT2D eigenvalue weighted by Gasteiger charge is 2.14. The minimum atomic E-state index is 0. The fraction of sp³-hybridized carbons (Fsp3) is 1.00. The third-order valence-corrected chi connectivity index (χ3v) is 1.99. The quantitative estimate of drug-likeness (QED) is 0.519. The lowest BCUT2D eigenvalue weighted by atomic mass is 9.89. The van der Waals surface area contributed by atoms with E-state index < -0.39 is 0 Å². The summed E-state index contributed by atoms with van der Waals surface area (Å²) in [6.45, 7) is 2.26. The third kappa shape index (κ3) is 2.82. The van der Waals surface area contributed by atoms with Gasteiger partial charge in [-0.15, -0.1) is 0 Å². The lowest BCUT2D eigenvalue weighted by molar-refractivity contribution is 0.112. The first kappa shape index (κ1) is 8.92. The second kappa shape index (κ2) is 3.85. The molecule has 0 bridgehead atoms. The van der Waals surface area contributed by atoms with Crippen LogP contribution in [0.4, 0.5) is 0 Å². The van der Waals surface area contributed by atoms with E-state index in [-0.39, 0.29) is 11.6 Å². The Morgan fingerprint density at radius 2 is 1.56 bits per heavy atom. The van der Waals surface area contributed by atoms with Gasteiger partial charge >= 0.3 is 0 Å². The number of aliphatic hydroxyl groups excluding tert-OH is 1. The molecule has 0 amide bonds. The lowest BCUT2D eigenvalue weighted by Gasteiger charge is -2.21. The smallest absolute Gasteiger partial charge is 0.0540 e. The Morgan fingerprint density at radius 1 is 1.11 bits per heavy atom. The molecule has 0 radical (unpaired) electrons. The van der Waals surface area contributed by atoms with Gasteiger partial charge < -0.3 is 10.6 Å². The highest BCUT2D eigenvalue weighted by Crippen LogP contribution is 2.22. The number of rotatable bonds is 0. The van der Waals surface area contributed by atoms with Crippen LogP contribution in [0.2, 0.25) is 0 Å². The molecule has 9 heavy (non-hydrogen) atoms. The Bertz CT molecular complexity index is 55.3. The van der Waals surface area contributed by atoms with Gasteiger partial charge in [-0.25, -0.2) is 0 Å². The lowest BCUT2D eigenvalue weighted by Crippen LogP contribution is -2.15. The van der Waals surface area contributed by atoms with Crippen LogP contribution in [0.5, 0.6) is 0 Å². The van der Waals surface area contributed by atoms with Crippen LogP contribution in [0.15, 0.2) is 0 Å². The van der Waals surface area contributed by atoms with Crippen LogP contribution in [0.1, 0.15) is 32.6 Å². The van der Waals surface area contributed by atoms with Crippen molar-refractivity contribution in [2.45, 2.75) is 38.7 Å². The highest BCUT2D eigenvalue weighted by molar-refractivity contribution is 4.67. The maximum atomic E-state index is 9.03. The SMILES string of the molecule is CC1CCC(O)CC1.O. The number of hydrogen-bond donors (Lipinski definition) is 1. The minimum Gasteiger partial charge on any atom is -0.412 e. The molecular formula is C7H16O2. The first-order valence-electron chi connectivity index (χ1n) is 3.47. The van der Waals surface area contributed by atoms with Gasteiger partial charge in [-0.1, -0.05) is 6.92 Å². The summed E-state index contributed by atoms with van der Waals surface area (Å²) in [4.78, 5) is 0. The van der Waals surface area contributed by atoms with Crippen LogP contribution in [-0.2, 0) is 0 Å². The Hall–Kier alpha value is -0.0800. The van der Waals surface area contributed by atoms with Crippen molar-refractivity contribution in [3.05, 3.63) is 0 Å². The maximum absolute atomic E-state index is 9.03. The zero-order valence-electron chi connectivity index (χ0n) is 5.93. The molecule has 0 spiro atoms. The molecule has 0 aromatic heterocycles. The fourth-order valence-corrected chi connectivity index (χ4v) is 1.24. The monoisotopic (exact) mass is 132 g/mol. The van der Waals surface area contributed by atoms with Crippen molar-refractivity contribution < 1.29 is 10.6 Å². The Kier molecular flexibility index (Phi) is 3.82. The summed E-state index contributed by atoms with van der Waals surface area (Å²) in [7, 11) is 0. The largest absolute Gasteiger partial charge is 0.412 e. The molecule has 0 aliphatic heterocycles. The summed E-state index contributed by atoms with van der Waals surface area (Å²) in [5, 5.41) is 9.03. The van der Waals surface area contributed by atoms with E-state index in [9.17, 15) is 0 Å². The summed E-state index contributed by atoms with van der Waals surface area (Å²) < 4.78 is 0. The van der Waals surface area contributed by atoms with Gasteiger partial charge in [-0.05, 0) is 31.6 Å². The first-order chi connectivity index (χ1) is 3.79. The standard InChI is InChI=1S/C7H14O.H2O/c1-6-2-4-7(8)5-3-6;/h6-8H,2-5H2,1H3;1H2. The molecule has 0 saturated heterocycles. The number of aliphatic hydroxyl groups is 1. The normalized spacial score (nSPS) is 35.3. The molecular weight excluding hydrogens is 116 g/mol. The molecule has 0 atom stereocenters. The van der Waals surface area contributed by atoms with E-state index >= 15 is 0 Å². The minimum absolute atomic E-state index is 0. The molecule has 0 aromatic rings. The van der Waals surface area contributed by atoms with Crippen LogP contribution in [-0.4, -0.2) is 16.7 Å². The predicted octanol–water partition coefficient (Wildman–Crippen LogP) is 0.733. The van der Waals surface area contributed by atoms with E-state index in [2.05, 4.69) is 6.92 Å². The molecule has 56 valence electrons. The Morgan fingerprint density at radius 3 is 1.89 bits per heavy atom. The first-order valence-corrected chi connectivity index (χ1v) is 3.47. The van der Waals surface area contributed by atoms with Crippen molar-refractivity contribution in [3.8, 4) is 0 Å². The third-order valence-electron chi connectivity index (χ3n) is 1.99. The van der Waals surface area contributed by atoms with Crippen molar-refractivity contribution in [1.29, 1.82) is 0 Å².